The van der Waals surface area contributed by atoms with Crippen LogP contribution in [0.15, 0.2) is 24.3 Å². The zero-order chi connectivity index (χ0) is 15.1. The summed E-state index contributed by atoms with van der Waals surface area (Å²) >= 11 is 0. The summed E-state index contributed by atoms with van der Waals surface area (Å²) in [5, 5.41) is 3.61. The number of hydrogen-bond acceptors (Lipinski definition) is 2. The highest BCUT2D eigenvalue weighted by Gasteiger charge is 2.14. The number of rotatable bonds is 8. The topological polar surface area (TPSA) is 55.1 Å². The van der Waals surface area contributed by atoms with Crippen LogP contribution in [0.1, 0.15) is 46.1 Å². The summed E-state index contributed by atoms with van der Waals surface area (Å²) in [6.45, 7) is 8.96. The highest BCUT2D eigenvalue weighted by atomic mass is 16.1. The molecule has 112 valence electrons. The Hall–Kier alpha value is -1.51. The second-order valence-electron chi connectivity index (χ2n) is 6.40. The van der Waals surface area contributed by atoms with Crippen molar-refractivity contribution >= 4 is 11.6 Å². The molecule has 3 N–H and O–H groups in total. The molecule has 0 fully saturated rings. The molecule has 0 bridgehead atoms. The van der Waals surface area contributed by atoms with Gasteiger partial charge in [-0.2, -0.15) is 0 Å². The molecule has 3 heteroatoms. The first kappa shape index (κ1) is 16.5. The molecule has 1 rings (SSSR count). The largest absolute Gasteiger partial charge is 0.382 e. The molecule has 0 aliphatic carbocycles. The second kappa shape index (κ2) is 7.93. The van der Waals surface area contributed by atoms with Gasteiger partial charge >= 0.3 is 0 Å². The molecule has 1 aromatic carbocycles. The van der Waals surface area contributed by atoms with E-state index in [-0.39, 0.29) is 5.91 Å². The molecule has 1 aromatic rings. The third kappa shape index (κ3) is 6.09. The molecule has 1 amide bonds. The van der Waals surface area contributed by atoms with Crippen LogP contribution in [0.25, 0.3) is 0 Å². The van der Waals surface area contributed by atoms with E-state index in [1.54, 1.807) is 0 Å². The monoisotopic (exact) mass is 276 g/mol. The number of anilines is 1. The predicted octanol–water partition coefficient (Wildman–Crippen LogP) is 3.59. The second-order valence-corrected chi connectivity index (χ2v) is 6.40. The van der Waals surface area contributed by atoms with Gasteiger partial charge in [0.15, 0.2) is 0 Å². The summed E-state index contributed by atoms with van der Waals surface area (Å²) in [7, 11) is 0. The Kier molecular flexibility index (Phi) is 6.56. The lowest BCUT2D eigenvalue weighted by molar-refractivity contribution is -0.117. The number of hydrogen-bond donors (Lipinski definition) is 2. The summed E-state index contributed by atoms with van der Waals surface area (Å²) in [6, 6.07) is 8.38. The summed E-state index contributed by atoms with van der Waals surface area (Å²) in [6.07, 6.45) is 2.55. The van der Waals surface area contributed by atoms with E-state index in [9.17, 15) is 4.79 Å². The molecule has 0 unspecified atom stereocenters. The Morgan fingerprint density at radius 2 is 1.65 bits per heavy atom. The van der Waals surface area contributed by atoms with Crippen LogP contribution in [0.4, 0.5) is 5.69 Å². The van der Waals surface area contributed by atoms with E-state index >= 15 is 0 Å². The summed E-state index contributed by atoms with van der Waals surface area (Å²) in [5.41, 5.74) is 7.34. The van der Waals surface area contributed by atoms with E-state index in [0.717, 1.165) is 24.1 Å². The maximum atomic E-state index is 11.2. The van der Waals surface area contributed by atoms with Crippen molar-refractivity contribution in [1.29, 1.82) is 0 Å². The van der Waals surface area contributed by atoms with Crippen LogP contribution >= 0.6 is 0 Å². The predicted molar refractivity (Wildman–Crippen MR) is 85.7 cm³/mol. The number of para-hydroxylation sites is 1. The lowest BCUT2D eigenvalue weighted by atomic mass is 9.95. The summed E-state index contributed by atoms with van der Waals surface area (Å²) < 4.78 is 0. The van der Waals surface area contributed by atoms with Crippen molar-refractivity contribution in [3.05, 3.63) is 29.8 Å². The summed E-state index contributed by atoms with van der Waals surface area (Å²) in [4.78, 5) is 11.2. The molecule has 3 nitrogen and oxygen atoms in total. The number of primary amides is 1. The molecule has 0 aliphatic rings. The maximum Gasteiger partial charge on any atom is 0.221 e. The molecular weight excluding hydrogens is 248 g/mol. The van der Waals surface area contributed by atoms with Gasteiger partial charge in [0.1, 0.15) is 0 Å². The minimum Gasteiger partial charge on any atom is -0.382 e. The molecule has 0 aliphatic heterocycles. The number of benzene rings is 1. The van der Waals surface area contributed by atoms with Crippen molar-refractivity contribution in [2.24, 2.45) is 17.6 Å². The van der Waals surface area contributed by atoms with Gasteiger partial charge in [0.2, 0.25) is 5.91 Å². The first-order chi connectivity index (χ1) is 9.38. The van der Waals surface area contributed by atoms with Crippen molar-refractivity contribution in [2.45, 2.75) is 53.0 Å². The lowest BCUT2D eigenvalue weighted by Crippen LogP contribution is -2.25. The maximum absolute atomic E-state index is 11.2. The standard InChI is InChI=1S/C17H28N2O/c1-12(2)9-15(10-13(3)4)19-16-8-6-5-7-14(16)11-17(18)20/h5-8,12-13,15,19H,9-11H2,1-4H3,(H2,18,20). The minimum absolute atomic E-state index is 0.288. The zero-order valence-corrected chi connectivity index (χ0v) is 13.1. The van der Waals surface area contributed by atoms with E-state index in [1.165, 1.54) is 0 Å². The van der Waals surface area contributed by atoms with Crippen molar-refractivity contribution < 1.29 is 4.79 Å². The third-order valence-corrected chi connectivity index (χ3v) is 3.25. The van der Waals surface area contributed by atoms with Crippen molar-refractivity contribution in [2.75, 3.05) is 5.32 Å². The fraction of sp³-hybridized carbons (Fsp3) is 0.588. The van der Waals surface area contributed by atoms with E-state index in [0.29, 0.717) is 24.3 Å². The Bertz CT molecular complexity index is 417. The SMILES string of the molecule is CC(C)CC(CC(C)C)Nc1ccccc1CC(N)=O. The van der Waals surface area contributed by atoms with Gasteiger partial charge in [-0.1, -0.05) is 45.9 Å². The first-order valence-electron chi connectivity index (χ1n) is 7.51. The quantitative estimate of drug-likeness (QED) is 0.762. The lowest BCUT2D eigenvalue weighted by Gasteiger charge is -2.25. The van der Waals surface area contributed by atoms with Crippen molar-refractivity contribution in [3.63, 3.8) is 0 Å². The van der Waals surface area contributed by atoms with Gasteiger partial charge in [-0.25, -0.2) is 0 Å². The van der Waals surface area contributed by atoms with Crippen LogP contribution < -0.4 is 11.1 Å². The number of nitrogens with one attached hydrogen (secondary N) is 1. The number of carbonyl (C=O) groups excluding carboxylic acids is 1. The van der Waals surface area contributed by atoms with Gasteiger partial charge in [-0.3, -0.25) is 4.79 Å². The molecule has 20 heavy (non-hydrogen) atoms. The molecule has 0 heterocycles. The van der Waals surface area contributed by atoms with E-state index in [1.807, 2.05) is 24.3 Å². The highest BCUT2D eigenvalue weighted by molar-refractivity contribution is 5.78. The smallest absolute Gasteiger partial charge is 0.221 e. The molecule has 0 saturated carbocycles. The van der Waals surface area contributed by atoms with Gasteiger partial charge in [-0.05, 0) is 36.3 Å². The van der Waals surface area contributed by atoms with Gasteiger partial charge in [0, 0.05) is 11.7 Å². The van der Waals surface area contributed by atoms with Gasteiger partial charge in [0.25, 0.3) is 0 Å². The number of carbonyl (C=O) groups is 1. The van der Waals surface area contributed by atoms with E-state index in [4.69, 9.17) is 5.73 Å². The molecule has 0 spiro atoms. The highest BCUT2D eigenvalue weighted by Crippen LogP contribution is 2.22. The van der Waals surface area contributed by atoms with Crippen LogP contribution in [0, 0.1) is 11.8 Å². The van der Waals surface area contributed by atoms with Crippen LogP contribution in [0.5, 0.6) is 0 Å². The zero-order valence-electron chi connectivity index (χ0n) is 13.1. The molecule has 0 aromatic heterocycles. The van der Waals surface area contributed by atoms with E-state index in [2.05, 4.69) is 33.0 Å². The van der Waals surface area contributed by atoms with Gasteiger partial charge < -0.3 is 11.1 Å². The summed E-state index contributed by atoms with van der Waals surface area (Å²) in [5.74, 6) is 1.01. The average molecular weight is 276 g/mol. The third-order valence-electron chi connectivity index (χ3n) is 3.25. The Labute approximate surface area is 122 Å². The average Bonchev–Trinajstić information content (AvgIpc) is 2.29. The fourth-order valence-electron chi connectivity index (χ4n) is 2.58. The van der Waals surface area contributed by atoms with Gasteiger partial charge in [0.05, 0.1) is 6.42 Å². The Balaban J connectivity index is 2.83. The minimum atomic E-state index is -0.288. The van der Waals surface area contributed by atoms with Crippen molar-refractivity contribution in [3.8, 4) is 0 Å². The Morgan fingerprint density at radius 1 is 1.10 bits per heavy atom. The first-order valence-corrected chi connectivity index (χ1v) is 7.51. The van der Waals surface area contributed by atoms with Crippen molar-refractivity contribution in [1.82, 2.24) is 0 Å². The normalized spacial score (nSPS) is 11.3. The van der Waals surface area contributed by atoms with Crippen LogP contribution in [0.2, 0.25) is 0 Å². The van der Waals surface area contributed by atoms with Crippen LogP contribution in [0.3, 0.4) is 0 Å². The van der Waals surface area contributed by atoms with Crippen LogP contribution in [-0.2, 0) is 11.2 Å². The number of nitrogens with two attached hydrogens (primary N) is 1. The van der Waals surface area contributed by atoms with Crippen LogP contribution in [-0.4, -0.2) is 11.9 Å². The molecular formula is C17H28N2O. The fourth-order valence-corrected chi connectivity index (χ4v) is 2.58. The van der Waals surface area contributed by atoms with Gasteiger partial charge in [-0.15, -0.1) is 0 Å². The van der Waals surface area contributed by atoms with E-state index < -0.39 is 0 Å². The molecule has 0 radical (unpaired) electrons. The Morgan fingerprint density at radius 3 is 2.15 bits per heavy atom. The molecule has 0 atom stereocenters. The molecule has 0 saturated heterocycles. The number of amides is 1.